The third kappa shape index (κ3) is 4.85. The molecule has 198 valence electrons. The first-order valence-corrected chi connectivity index (χ1v) is 13.9. The van der Waals surface area contributed by atoms with Crippen LogP contribution in [0.2, 0.25) is 0 Å². The molecule has 4 heterocycles. The standard InChI is InChI=1S/C30H36N6O2/c1-20-28-24(19-35(20)18-23-10-8-22(9-11-23)16-21-6-4-3-5-7-21)12-13-25(32-28)29-31-17-27(34(29)2)36-15-14-26(37)33-30(36)38/h8-13,17,20-21H,3-7,14-16,18-19H2,1-2H3,(H,33,37,38)/t20-/m0/s1. The van der Waals surface area contributed by atoms with E-state index in [4.69, 9.17) is 4.98 Å². The number of benzene rings is 1. The van der Waals surface area contributed by atoms with Gasteiger partial charge in [0.2, 0.25) is 5.91 Å². The maximum absolute atomic E-state index is 12.3. The second-order valence-electron chi connectivity index (χ2n) is 11.1. The minimum Gasteiger partial charge on any atom is -0.312 e. The van der Waals surface area contributed by atoms with E-state index >= 15 is 0 Å². The third-order valence-corrected chi connectivity index (χ3v) is 8.51. The fourth-order valence-corrected chi connectivity index (χ4v) is 6.26. The van der Waals surface area contributed by atoms with Gasteiger partial charge < -0.3 is 4.57 Å². The van der Waals surface area contributed by atoms with Crippen molar-refractivity contribution >= 4 is 17.8 Å². The molecule has 0 bridgehead atoms. The zero-order valence-electron chi connectivity index (χ0n) is 22.3. The molecule has 2 fully saturated rings. The molecule has 38 heavy (non-hydrogen) atoms. The average Bonchev–Trinajstić information content (AvgIpc) is 3.45. The molecule has 2 aliphatic heterocycles. The third-order valence-electron chi connectivity index (χ3n) is 8.51. The Bertz CT molecular complexity index is 1340. The summed E-state index contributed by atoms with van der Waals surface area (Å²) in [5, 5.41) is 2.38. The summed E-state index contributed by atoms with van der Waals surface area (Å²) in [6.07, 6.45) is 10.1. The monoisotopic (exact) mass is 512 g/mol. The van der Waals surface area contributed by atoms with E-state index in [1.165, 1.54) is 55.2 Å². The fraction of sp³-hybridized carbons (Fsp3) is 0.467. The summed E-state index contributed by atoms with van der Waals surface area (Å²) in [5.74, 6) is 1.96. The summed E-state index contributed by atoms with van der Waals surface area (Å²) in [5.41, 5.74) is 5.92. The number of amides is 3. The van der Waals surface area contributed by atoms with Gasteiger partial charge in [-0.2, -0.15) is 0 Å². The lowest BCUT2D eigenvalue weighted by Gasteiger charge is -2.26. The topological polar surface area (TPSA) is 83.4 Å². The minimum absolute atomic E-state index is 0.200. The number of pyridine rings is 1. The summed E-state index contributed by atoms with van der Waals surface area (Å²) >= 11 is 0. The molecular weight excluding hydrogens is 476 g/mol. The Morgan fingerprint density at radius 2 is 1.76 bits per heavy atom. The Balaban J connectivity index is 1.14. The molecule has 1 aromatic carbocycles. The number of urea groups is 1. The largest absolute Gasteiger partial charge is 0.329 e. The highest BCUT2D eigenvalue weighted by molar-refractivity contribution is 6.05. The van der Waals surface area contributed by atoms with Crippen LogP contribution in [0.3, 0.4) is 0 Å². The Kier molecular flexibility index (Phi) is 6.74. The number of nitrogens with zero attached hydrogens (tertiary/aromatic N) is 5. The number of hydrogen-bond acceptors (Lipinski definition) is 5. The molecule has 0 unspecified atom stereocenters. The molecular formula is C30H36N6O2. The summed E-state index contributed by atoms with van der Waals surface area (Å²) in [4.78, 5) is 37.5. The Morgan fingerprint density at radius 1 is 1.00 bits per heavy atom. The van der Waals surface area contributed by atoms with Crippen LogP contribution < -0.4 is 10.2 Å². The lowest BCUT2D eigenvalue weighted by atomic mass is 9.85. The minimum atomic E-state index is -0.413. The molecule has 3 amide bonds. The molecule has 3 aromatic rings. The van der Waals surface area contributed by atoms with E-state index in [0.29, 0.717) is 18.2 Å². The molecule has 3 aliphatic rings. The number of carbonyl (C=O) groups excluding carboxylic acids is 2. The Labute approximate surface area is 224 Å². The number of anilines is 1. The van der Waals surface area contributed by atoms with Crippen LogP contribution in [-0.4, -0.2) is 37.9 Å². The molecule has 1 saturated carbocycles. The molecule has 1 atom stereocenters. The summed E-state index contributed by atoms with van der Waals surface area (Å²) < 4.78 is 1.87. The maximum Gasteiger partial charge on any atom is 0.329 e. The number of imidazole rings is 1. The number of carbonyl (C=O) groups is 2. The molecule has 8 nitrogen and oxygen atoms in total. The van der Waals surface area contributed by atoms with Crippen molar-refractivity contribution in [1.82, 2.24) is 24.8 Å². The SMILES string of the molecule is C[C@H]1c2nc(-c3ncc(N4CCC(=O)NC4=O)n3C)ccc2CN1Cc1ccc(CC2CCCCC2)cc1. The lowest BCUT2D eigenvalue weighted by molar-refractivity contribution is -0.120. The van der Waals surface area contributed by atoms with Crippen LogP contribution in [0.15, 0.2) is 42.6 Å². The molecule has 1 saturated heterocycles. The van der Waals surface area contributed by atoms with Crippen LogP contribution in [0.4, 0.5) is 10.6 Å². The van der Waals surface area contributed by atoms with Crippen molar-refractivity contribution in [2.24, 2.45) is 13.0 Å². The van der Waals surface area contributed by atoms with Gasteiger partial charge in [0.05, 0.1) is 17.9 Å². The summed E-state index contributed by atoms with van der Waals surface area (Å²) in [6.45, 7) is 4.33. The molecule has 2 aromatic heterocycles. The first-order chi connectivity index (χ1) is 18.5. The molecule has 6 rings (SSSR count). The van der Waals surface area contributed by atoms with Gasteiger partial charge in [-0.1, -0.05) is 62.4 Å². The average molecular weight is 513 g/mol. The highest BCUT2D eigenvalue weighted by Gasteiger charge is 2.30. The zero-order valence-corrected chi connectivity index (χ0v) is 22.3. The van der Waals surface area contributed by atoms with Gasteiger partial charge in [0.15, 0.2) is 5.82 Å². The zero-order chi connectivity index (χ0) is 26.2. The van der Waals surface area contributed by atoms with Crippen molar-refractivity contribution in [3.63, 3.8) is 0 Å². The Hall–Kier alpha value is -3.52. The highest BCUT2D eigenvalue weighted by atomic mass is 16.2. The van der Waals surface area contributed by atoms with Crippen molar-refractivity contribution in [3.05, 3.63) is 65.0 Å². The molecule has 0 radical (unpaired) electrons. The maximum atomic E-state index is 12.3. The normalized spacial score (nSPS) is 20.6. The number of imide groups is 1. The van der Waals surface area contributed by atoms with Crippen LogP contribution in [0.5, 0.6) is 0 Å². The first-order valence-electron chi connectivity index (χ1n) is 13.9. The molecule has 1 aliphatic carbocycles. The van der Waals surface area contributed by atoms with E-state index < -0.39 is 6.03 Å². The lowest BCUT2D eigenvalue weighted by Crippen LogP contribution is -2.50. The van der Waals surface area contributed by atoms with Crippen LogP contribution in [0, 0.1) is 5.92 Å². The molecule has 0 spiro atoms. The van der Waals surface area contributed by atoms with Crippen molar-refractivity contribution in [2.75, 3.05) is 11.4 Å². The fourth-order valence-electron chi connectivity index (χ4n) is 6.26. The van der Waals surface area contributed by atoms with Crippen molar-refractivity contribution < 1.29 is 9.59 Å². The van der Waals surface area contributed by atoms with Gasteiger partial charge in [-0.3, -0.25) is 19.9 Å². The van der Waals surface area contributed by atoms with Crippen LogP contribution in [0.25, 0.3) is 11.5 Å². The second kappa shape index (κ2) is 10.3. The van der Waals surface area contributed by atoms with E-state index in [1.807, 2.05) is 17.7 Å². The van der Waals surface area contributed by atoms with E-state index in [1.54, 1.807) is 11.1 Å². The number of nitrogens with one attached hydrogen (secondary N) is 1. The van der Waals surface area contributed by atoms with Crippen molar-refractivity contribution in [3.8, 4) is 11.5 Å². The smallest absolute Gasteiger partial charge is 0.312 e. The predicted octanol–water partition coefficient (Wildman–Crippen LogP) is 5.13. The Morgan fingerprint density at radius 3 is 2.53 bits per heavy atom. The van der Waals surface area contributed by atoms with Crippen LogP contribution in [-0.2, 0) is 31.4 Å². The van der Waals surface area contributed by atoms with E-state index in [-0.39, 0.29) is 18.4 Å². The summed E-state index contributed by atoms with van der Waals surface area (Å²) in [7, 11) is 1.88. The van der Waals surface area contributed by atoms with Gasteiger partial charge in [-0.25, -0.2) is 14.8 Å². The number of fused-ring (bicyclic) bond motifs is 1. The molecule has 1 N–H and O–H groups in total. The van der Waals surface area contributed by atoms with Crippen molar-refractivity contribution in [2.45, 2.75) is 71.0 Å². The highest BCUT2D eigenvalue weighted by Crippen LogP contribution is 2.35. The van der Waals surface area contributed by atoms with Gasteiger partial charge in [-0.05, 0) is 42.0 Å². The van der Waals surface area contributed by atoms with E-state index in [2.05, 4.69) is 52.5 Å². The van der Waals surface area contributed by atoms with Gasteiger partial charge >= 0.3 is 6.03 Å². The van der Waals surface area contributed by atoms with E-state index in [0.717, 1.165) is 30.4 Å². The van der Waals surface area contributed by atoms with E-state index in [9.17, 15) is 9.59 Å². The first kappa shape index (κ1) is 24.8. The van der Waals surface area contributed by atoms with Crippen molar-refractivity contribution in [1.29, 1.82) is 0 Å². The van der Waals surface area contributed by atoms with Gasteiger partial charge in [0.1, 0.15) is 11.5 Å². The predicted molar refractivity (Wildman–Crippen MR) is 146 cm³/mol. The quantitative estimate of drug-likeness (QED) is 0.495. The van der Waals surface area contributed by atoms with Crippen LogP contribution >= 0.6 is 0 Å². The van der Waals surface area contributed by atoms with Gasteiger partial charge in [-0.15, -0.1) is 0 Å². The van der Waals surface area contributed by atoms with Crippen LogP contribution in [0.1, 0.15) is 73.9 Å². The number of aromatic nitrogens is 3. The number of hydrogen-bond donors (Lipinski definition) is 1. The van der Waals surface area contributed by atoms with Gasteiger partial charge in [0.25, 0.3) is 0 Å². The van der Waals surface area contributed by atoms with Gasteiger partial charge in [0, 0.05) is 33.1 Å². The molecule has 8 heteroatoms. The second-order valence-corrected chi connectivity index (χ2v) is 11.1. The summed E-state index contributed by atoms with van der Waals surface area (Å²) in [6, 6.07) is 13.2. The number of rotatable bonds is 6.